The second kappa shape index (κ2) is 7.89. The Balaban J connectivity index is 2.79. The summed E-state index contributed by atoms with van der Waals surface area (Å²) in [4.78, 5) is 22.0. The van der Waals surface area contributed by atoms with E-state index in [4.69, 9.17) is 23.3 Å². The van der Waals surface area contributed by atoms with Gasteiger partial charge in [0, 0.05) is 28.1 Å². The van der Waals surface area contributed by atoms with Gasteiger partial charge in [-0.15, -0.1) is 0 Å². The van der Waals surface area contributed by atoms with Crippen molar-refractivity contribution in [1.29, 1.82) is 0 Å². The highest BCUT2D eigenvalue weighted by atomic mass is 31.2. The van der Waals surface area contributed by atoms with Crippen LogP contribution < -0.4 is 0 Å². The van der Waals surface area contributed by atoms with Gasteiger partial charge >= 0.3 is 19.5 Å². The molecule has 0 unspecified atom stereocenters. The highest BCUT2D eigenvalue weighted by molar-refractivity contribution is 7.54. The van der Waals surface area contributed by atoms with Crippen LogP contribution >= 0.6 is 7.60 Å². The van der Waals surface area contributed by atoms with Gasteiger partial charge in [-0.3, -0.25) is 14.2 Å². The summed E-state index contributed by atoms with van der Waals surface area (Å²) in [7, 11) is -0.864. The molecule has 0 amide bonds. The Morgan fingerprint density at radius 3 is 2.24 bits per heavy atom. The van der Waals surface area contributed by atoms with Crippen molar-refractivity contribution in [2.45, 2.75) is 44.7 Å². The molecule has 1 fully saturated rings. The Hall–Kier alpha value is -0.950. The maximum atomic E-state index is 12.3. The number of hydrogen-bond acceptors (Lipinski definition) is 8. The predicted octanol–water partition coefficient (Wildman–Crippen LogP) is 1.47. The molecular weight excluding hydrogens is 303 g/mol. The summed E-state index contributed by atoms with van der Waals surface area (Å²) in [6.07, 6.45) is -0.532. The molecule has 1 saturated heterocycles. The number of carbonyl (C=O) groups is 2. The summed E-state index contributed by atoms with van der Waals surface area (Å²) < 4.78 is 37.8. The molecule has 0 aromatic heterocycles. The van der Waals surface area contributed by atoms with Crippen LogP contribution in [-0.2, 0) is 37.4 Å². The van der Waals surface area contributed by atoms with Gasteiger partial charge in [0.15, 0.2) is 5.85 Å². The van der Waals surface area contributed by atoms with Crippen molar-refractivity contribution in [3.05, 3.63) is 0 Å². The standard InChI is InChI=1S/C12H21O8P/c1-8(13)18-7-11-10(19-9(2)14)5-6-12(20-11)21(15,16-3)17-4/h10-12H,5-7H2,1-4H3/t10-,11+,12-/m0/s1. The molecule has 122 valence electrons. The molecular formula is C12H21O8P. The van der Waals surface area contributed by atoms with Gasteiger partial charge in [-0.2, -0.15) is 0 Å². The van der Waals surface area contributed by atoms with Crippen molar-refractivity contribution in [1.82, 2.24) is 0 Å². The van der Waals surface area contributed by atoms with Gasteiger partial charge < -0.3 is 23.3 Å². The van der Waals surface area contributed by atoms with E-state index >= 15 is 0 Å². The maximum Gasteiger partial charge on any atom is 0.358 e. The zero-order valence-electron chi connectivity index (χ0n) is 12.6. The zero-order chi connectivity index (χ0) is 16.0. The van der Waals surface area contributed by atoms with Gasteiger partial charge in [-0.05, 0) is 12.8 Å². The van der Waals surface area contributed by atoms with Gasteiger partial charge in [0.1, 0.15) is 18.8 Å². The highest BCUT2D eigenvalue weighted by Gasteiger charge is 2.43. The number of esters is 2. The van der Waals surface area contributed by atoms with E-state index in [0.717, 1.165) is 0 Å². The first kappa shape index (κ1) is 18.1. The van der Waals surface area contributed by atoms with E-state index in [1.54, 1.807) is 0 Å². The third-order valence-electron chi connectivity index (χ3n) is 3.07. The third-order valence-corrected chi connectivity index (χ3v) is 5.18. The molecule has 1 aliphatic heterocycles. The van der Waals surface area contributed by atoms with Crippen LogP contribution in [0.3, 0.4) is 0 Å². The maximum absolute atomic E-state index is 12.3. The van der Waals surface area contributed by atoms with Crippen LogP contribution in [0.1, 0.15) is 26.7 Å². The number of hydrogen-bond donors (Lipinski definition) is 0. The fourth-order valence-corrected chi connectivity index (χ4v) is 3.48. The Kier molecular flexibility index (Phi) is 6.80. The SMILES string of the molecule is COP(=O)(OC)[C@H]1CC[C@H](OC(C)=O)[C@@H](COC(C)=O)O1. The zero-order valence-corrected chi connectivity index (χ0v) is 13.5. The number of rotatable bonds is 6. The first-order valence-corrected chi connectivity index (χ1v) is 8.10. The molecule has 0 N–H and O–H groups in total. The fraction of sp³-hybridized carbons (Fsp3) is 0.833. The number of ether oxygens (including phenoxy) is 3. The van der Waals surface area contributed by atoms with Crippen molar-refractivity contribution in [3.8, 4) is 0 Å². The predicted molar refractivity (Wildman–Crippen MR) is 71.7 cm³/mol. The molecule has 21 heavy (non-hydrogen) atoms. The first-order chi connectivity index (χ1) is 9.82. The summed E-state index contributed by atoms with van der Waals surface area (Å²) in [5.41, 5.74) is 0. The van der Waals surface area contributed by atoms with Crippen LogP contribution in [0.25, 0.3) is 0 Å². The van der Waals surface area contributed by atoms with Crippen LogP contribution in [0.5, 0.6) is 0 Å². The van der Waals surface area contributed by atoms with E-state index in [1.807, 2.05) is 0 Å². The van der Waals surface area contributed by atoms with E-state index < -0.39 is 37.6 Å². The van der Waals surface area contributed by atoms with Crippen LogP contribution in [0.4, 0.5) is 0 Å². The molecule has 1 rings (SSSR count). The highest BCUT2D eigenvalue weighted by Crippen LogP contribution is 2.55. The third kappa shape index (κ3) is 5.07. The van der Waals surface area contributed by atoms with Crippen LogP contribution in [0.15, 0.2) is 0 Å². The minimum Gasteiger partial charge on any atom is -0.463 e. The largest absolute Gasteiger partial charge is 0.463 e. The molecule has 0 bridgehead atoms. The molecule has 9 heteroatoms. The van der Waals surface area contributed by atoms with E-state index in [-0.39, 0.29) is 6.61 Å². The van der Waals surface area contributed by atoms with Gasteiger partial charge in [-0.1, -0.05) is 0 Å². The lowest BCUT2D eigenvalue weighted by molar-refractivity contribution is -0.174. The van der Waals surface area contributed by atoms with Gasteiger partial charge in [0.25, 0.3) is 0 Å². The average Bonchev–Trinajstić information content (AvgIpc) is 2.44. The van der Waals surface area contributed by atoms with Crippen LogP contribution in [0, 0.1) is 0 Å². The molecule has 0 aliphatic carbocycles. The molecule has 0 saturated carbocycles. The summed E-state index contributed by atoms with van der Waals surface area (Å²) >= 11 is 0. The van der Waals surface area contributed by atoms with Crippen molar-refractivity contribution in [3.63, 3.8) is 0 Å². The van der Waals surface area contributed by atoms with Gasteiger partial charge in [-0.25, -0.2) is 0 Å². The van der Waals surface area contributed by atoms with Crippen molar-refractivity contribution < 1.29 is 37.4 Å². The van der Waals surface area contributed by atoms with Gasteiger partial charge in [0.2, 0.25) is 0 Å². The quantitative estimate of drug-likeness (QED) is 0.535. The lowest BCUT2D eigenvalue weighted by atomic mass is 10.1. The lowest BCUT2D eigenvalue weighted by Crippen LogP contribution is -2.44. The minimum atomic E-state index is -3.41. The number of carbonyl (C=O) groups excluding carboxylic acids is 2. The van der Waals surface area contributed by atoms with E-state index in [9.17, 15) is 14.2 Å². The second-order valence-corrected chi connectivity index (χ2v) is 6.95. The summed E-state index contributed by atoms with van der Waals surface area (Å²) in [5, 5.41) is 0. The van der Waals surface area contributed by atoms with Gasteiger partial charge in [0.05, 0.1) is 0 Å². The summed E-state index contributed by atoms with van der Waals surface area (Å²) in [6, 6.07) is 0. The minimum absolute atomic E-state index is 0.1000. The van der Waals surface area contributed by atoms with Crippen molar-refractivity contribution >= 4 is 19.5 Å². The Morgan fingerprint density at radius 2 is 1.76 bits per heavy atom. The fourth-order valence-electron chi connectivity index (χ4n) is 2.09. The monoisotopic (exact) mass is 324 g/mol. The Bertz CT molecular complexity index is 415. The Labute approximate surface area is 123 Å². The molecule has 0 spiro atoms. The van der Waals surface area contributed by atoms with E-state index in [2.05, 4.69) is 0 Å². The molecule has 1 heterocycles. The molecule has 0 aromatic rings. The van der Waals surface area contributed by atoms with Crippen LogP contribution in [-0.4, -0.2) is 50.8 Å². The average molecular weight is 324 g/mol. The molecule has 1 aliphatic rings. The summed E-state index contributed by atoms with van der Waals surface area (Å²) in [5.74, 6) is -1.74. The normalized spacial score (nSPS) is 26.2. The van der Waals surface area contributed by atoms with Crippen molar-refractivity contribution in [2.24, 2.45) is 0 Å². The smallest absolute Gasteiger partial charge is 0.358 e. The molecule has 0 radical (unpaired) electrons. The second-order valence-electron chi connectivity index (χ2n) is 4.56. The molecule has 3 atom stereocenters. The van der Waals surface area contributed by atoms with Crippen LogP contribution in [0.2, 0.25) is 0 Å². The summed E-state index contributed by atoms with van der Waals surface area (Å²) in [6.45, 7) is 2.44. The first-order valence-electron chi connectivity index (χ1n) is 6.49. The molecule has 0 aromatic carbocycles. The van der Waals surface area contributed by atoms with E-state index in [1.165, 1.54) is 28.1 Å². The molecule has 8 nitrogen and oxygen atoms in total. The van der Waals surface area contributed by atoms with Crippen molar-refractivity contribution in [2.75, 3.05) is 20.8 Å². The lowest BCUT2D eigenvalue weighted by Gasteiger charge is -2.37. The van der Waals surface area contributed by atoms with E-state index in [0.29, 0.717) is 12.8 Å². The Morgan fingerprint density at radius 1 is 1.14 bits per heavy atom. The topological polar surface area (TPSA) is 97.4 Å².